The first-order chi connectivity index (χ1) is 10.2. The van der Waals surface area contributed by atoms with Crippen molar-refractivity contribution in [2.24, 2.45) is 5.84 Å². The normalized spacial score (nSPS) is 15.8. The number of nitrogens with one attached hydrogen (secondary N) is 2. The maximum atomic E-state index is 12.3. The number of hydrazine groups is 1. The summed E-state index contributed by atoms with van der Waals surface area (Å²) in [6, 6.07) is 13.9. The molecule has 4 N–H and O–H groups in total. The Bertz CT molecular complexity index is 681. The molecular weight excluding hydrogens is 262 g/mol. The van der Waals surface area contributed by atoms with E-state index in [0.29, 0.717) is 18.0 Å². The first kappa shape index (κ1) is 13.6. The van der Waals surface area contributed by atoms with Crippen LogP contribution in [0.2, 0.25) is 0 Å². The van der Waals surface area contributed by atoms with Gasteiger partial charge in [0.25, 0.3) is 5.91 Å². The Labute approximate surface area is 124 Å². The smallest absolute Gasteiger partial charge is 0.251 e. The first-order valence-electron chi connectivity index (χ1n) is 7.12. The van der Waals surface area contributed by atoms with Crippen molar-refractivity contribution in [1.82, 2.24) is 5.32 Å². The van der Waals surface area contributed by atoms with Gasteiger partial charge in [0.05, 0.1) is 0 Å². The quantitative estimate of drug-likeness (QED) is 0.595. The molecule has 108 valence electrons. The number of carbonyl (C=O) groups is 1. The predicted molar refractivity (Wildman–Crippen MR) is 84.2 cm³/mol. The van der Waals surface area contributed by atoms with Crippen LogP contribution in [0, 0.1) is 6.92 Å². The molecule has 1 aliphatic rings. The molecule has 0 radical (unpaired) electrons. The Balaban J connectivity index is 1.63. The zero-order valence-corrected chi connectivity index (χ0v) is 12.0. The van der Waals surface area contributed by atoms with E-state index in [9.17, 15) is 4.79 Å². The maximum absolute atomic E-state index is 12.3. The molecule has 4 heteroatoms. The van der Waals surface area contributed by atoms with Crippen LogP contribution in [-0.2, 0) is 6.42 Å². The summed E-state index contributed by atoms with van der Waals surface area (Å²) in [5, 5.41) is 3.03. The SMILES string of the molecule is Cc1cc(NN)ccc1C(=O)NCC1Cc2ccccc21. The van der Waals surface area contributed by atoms with Crippen LogP contribution in [0.3, 0.4) is 0 Å². The largest absolute Gasteiger partial charge is 0.351 e. The number of amides is 1. The summed E-state index contributed by atoms with van der Waals surface area (Å²) >= 11 is 0. The van der Waals surface area contributed by atoms with Gasteiger partial charge in [-0.25, -0.2) is 0 Å². The van der Waals surface area contributed by atoms with Crippen molar-refractivity contribution >= 4 is 11.6 Å². The van der Waals surface area contributed by atoms with Crippen molar-refractivity contribution in [1.29, 1.82) is 0 Å². The number of aryl methyl sites for hydroxylation is 1. The van der Waals surface area contributed by atoms with E-state index in [1.807, 2.05) is 13.0 Å². The molecule has 0 saturated carbocycles. The lowest BCUT2D eigenvalue weighted by Gasteiger charge is -2.30. The van der Waals surface area contributed by atoms with E-state index in [-0.39, 0.29) is 5.91 Å². The zero-order chi connectivity index (χ0) is 14.8. The molecule has 0 saturated heterocycles. The maximum Gasteiger partial charge on any atom is 0.251 e. The molecule has 1 unspecified atom stereocenters. The number of benzene rings is 2. The van der Waals surface area contributed by atoms with Crippen LogP contribution in [0.25, 0.3) is 0 Å². The summed E-state index contributed by atoms with van der Waals surface area (Å²) in [4.78, 5) is 12.3. The van der Waals surface area contributed by atoms with Crippen LogP contribution >= 0.6 is 0 Å². The van der Waals surface area contributed by atoms with E-state index in [1.165, 1.54) is 11.1 Å². The van der Waals surface area contributed by atoms with E-state index in [0.717, 1.165) is 17.7 Å². The van der Waals surface area contributed by atoms with Crippen molar-refractivity contribution in [3.8, 4) is 0 Å². The number of rotatable bonds is 4. The Hall–Kier alpha value is -2.33. The standard InChI is InChI=1S/C17H19N3O/c1-11-8-14(20-18)6-7-15(11)17(21)19-10-13-9-12-4-2-3-5-16(12)13/h2-8,13,20H,9-10,18H2,1H3,(H,19,21). The molecule has 3 rings (SSSR count). The highest BCUT2D eigenvalue weighted by atomic mass is 16.1. The van der Waals surface area contributed by atoms with Crippen LogP contribution in [0.15, 0.2) is 42.5 Å². The minimum Gasteiger partial charge on any atom is -0.351 e. The third kappa shape index (κ3) is 2.62. The average Bonchev–Trinajstić information content (AvgIpc) is 2.47. The number of hydrogen-bond donors (Lipinski definition) is 3. The van der Waals surface area contributed by atoms with E-state index in [2.05, 4.69) is 35.0 Å². The minimum absolute atomic E-state index is 0.0274. The van der Waals surface area contributed by atoms with Gasteiger partial charge in [-0.15, -0.1) is 0 Å². The second-order valence-electron chi connectivity index (χ2n) is 5.48. The van der Waals surface area contributed by atoms with Gasteiger partial charge in [0.1, 0.15) is 0 Å². The van der Waals surface area contributed by atoms with Gasteiger partial charge in [-0.1, -0.05) is 24.3 Å². The van der Waals surface area contributed by atoms with Gasteiger partial charge >= 0.3 is 0 Å². The van der Waals surface area contributed by atoms with Crippen molar-refractivity contribution < 1.29 is 4.79 Å². The number of hydrogen-bond acceptors (Lipinski definition) is 3. The summed E-state index contributed by atoms with van der Waals surface area (Å²) in [6.45, 7) is 2.60. The molecule has 1 atom stereocenters. The second-order valence-corrected chi connectivity index (χ2v) is 5.48. The van der Waals surface area contributed by atoms with Crippen molar-refractivity contribution in [3.63, 3.8) is 0 Å². The minimum atomic E-state index is -0.0274. The summed E-state index contributed by atoms with van der Waals surface area (Å²) in [5.74, 6) is 5.78. The van der Waals surface area contributed by atoms with Gasteiger partial charge in [-0.05, 0) is 48.2 Å². The molecule has 0 fully saturated rings. The molecule has 0 bridgehead atoms. The van der Waals surface area contributed by atoms with Gasteiger partial charge in [-0.3, -0.25) is 10.6 Å². The number of carbonyl (C=O) groups excluding carboxylic acids is 1. The average molecular weight is 281 g/mol. The number of nitrogen functional groups attached to an aromatic ring is 1. The van der Waals surface area contributed by atoms with E-state index in [4.69, 9.17) is 5.84 Å². The molecular formula is C17H19N3O. The molecule has 4 nitrogen and oxygen atoms in total. The molecule has 0 aliphatic heterocycles. The van der Waals surface area contributed by atoms with Gasteiger partial charge in [0, 0.05) is 23.7 Å². The topological polar surface area (TPSA) is 67.1 Å². The highest BCUT2D eigenvalue weighted by molar-refractivity contribution is 5.96. The fourth-order valence-corrected chi connectivity index (χ4v) is 2.86. The summed E-state index contributed by atoms with van der Waals surface area (Å²) in [5.41, 5.74) is 7.75. The number of nitrogens with two attached hydrogens (primary N) is 1. The molecule has 0 aromatic heterocycles. The Morgan fingerprint density at radius 1 is 1.29 bits per heavy atom. The van der Waals surface area contributed by atoms with Crippen LogP contribution in [0.1, 0.15) is 33.0 Å². The van der Waals surface area contributed by atoms with Crippen LogP contribution < -0.4 is 16.6 Å². The molecule has 0 heterocycles. The van der Waals surface area contributed by atoms with Crippen LogP contribution in [0.5, 0.6) is 0 Å². The lowest BCUT2D eigenvalue weighted by Crippen LogP contribution is -2.33. The molecule has 2 aromatic rings. The van der Waals surface area contributed by atoms with Crippen LogP contribution in [0.4, 0.5) is 5.69 Å². The molecule has 2 aromatic carbocycles. The summed E-state index contributed by atoms with van der Waals surface area (Å²) < 4.78 is 0. The van der Waals surface area contributed by atoms with Gasteiger partial charge in [0.15, 0.2) is 0 Å². The number of anilines is 1. The lowest BCUT2D eigenvalue weighted by atomic mass is 9.77. The lowest BCUT2D eigenvalue weighted by molar-refractivity contribution is 0.0949. The van der Waals surface area contributed by atoms with Gasteiger partial charge < -0.3 is 10.7 Å². The zero-order valence-electron chi connectivity index (χ0n) is 12.0. The summed E-state index contributed by atoms with van der Waals surface area (Å²) in [7, 11) is 0. The highest BCUT2D eigenvalue weighted by Crippen LogP contribution is 2.34. The molecule has 1 aliphatic carbocycles. The summed E-state index contributed by atoms with van der Waals surface area (Å²) in [6.07, 6.45) is 1.05. The Morgan fingerprint density at radius 2 is 2.10 bits per heavy atom. The monoisotopic (exact) mass is 281 g/mol. The third-order valence-electron chi connectivity index (χ3n) is 4.11. The van der Waals surface area contributed by atoms with Crippen molar-refractivity contribution in [2.75, 3.05) is 12.0 Å². The van der Waals surface area contributed by atoms with Gasteiger partial charge in [-0.2, -0.15) is 0 Å². The second kappa shape index (κ2) is 5.58. The molecule has 0 spiro atoms. The number of fused-ring (bicyclic) bond motifs is 1. The molecule has 21 heavy (non-hydrogen) atoms. The van der Waals surface area contributed by atoms with E-state index >= 15 is 0 Å². The third-order valence-corrected chi connectivity index (χ3v) is 4.11. The van der Waals surface area contributed by atoms with Crippen molar-refractivity contribution in [2.45, 2.75) is 19.3 Å². The first-order valence-corrected chi connectivity index (χ1v) is 7.12. The molecule has 1 amide bonds. The predicted octanol–water partition coefficient (Wildman–Crippen LogP) is 2.35. The Kier molecular flexibility index (Phi) is 3.62. The Morgan fingerprint density at radius 3 is 2.81 bits per heavy atom. The van der Waals surface area contributed by atoms with Crippen molar-refractivity contribution in [3.05, 3.63) is 64.7 Å². The van der Waals surface area contributed by atoms with Gasteiger partial charge in [0.2, 0.25) is 0 Å². The fourth-order valence-electron chi connectivity index (χ4n) is 2.86. The van der Waals surface area contributed by atoms with E-state index < -0.39 is 0 Å². The van der Waals surface area contributed by atoms with E-state index in [1.54, 1.807) is 12.1 Å². The fraction of sp³-hybridized carbons (Fsp3) is 0.235. The highest BCUT2D eigenvalue weighted by Gasteiger charge is 2.25. The van der Waals surface area contributed by atoms with Crippen LogP contribution in [-0.4, -0.2) is 12.5 Å².